The normalized spacial score (nSPS) is 10.4. The highest BCUT2D eigenvalue weighted by Crippen LogP contribution is 2.29. The van der Waals surface area contributed by atoms with E-state index < -0.39 is 40.6 Å². The monoisotopic (exact) mass is 284 g/mol. The molecule has 2 aromatic carbocycles. The number of nitrogen functional groups attached to an aromatic ring is 1. The third-order valence-corrected chi connectivity index (χ3v) is 2.37. The van der Waals surface area contributed by atoms with Gasteiger partial charge in [0.2, 0.25) is 0 Å². The van der Waals surface area contributed by atoms with Gasteiger partial charge in [0.25, 0.3) is 0 Å². The summed E-state index contributed by atoms with van der Waals surface area (Å²) >= 11 is 0. The van der Waals surface area contributed by atoms with Crippen LogP contribution in [0.4, 0.5) is 17.6 Å². The summed E-state index contributed by atoms with van der Waals surface area (Å²) in [6.45, 7) is 0. The van der Waals surface area contributed by atoms with E-state index in [0.717, 1.165) is 24.3 Å². The standard InChI is InChI=1S/C13H8F4N2O/c14-7-3-8(15)5-9(4-7)20-12-10(16)1-6(13(18)19)2-11(12)17/h1-5H,(H3,18,19). The molecule has 0 spiro atoms. The zero-order valence-corrected chi connectivity index (χ0v) is 9.88. The number of nitrogens with two attached hydrogens (primary N) is 1. The number of nitrogens with one attached hydrogen (secondary N) is 1. The van der Waals surface area contributed by atoms with Crippen LogP contribution in [0, 0.1) is 28.7 Å². The van der Waals surface area contributed by atoms with E-state index in [9.17, 15) is 17.6 Å². The summed E-state index contributed by atoms with van der Waals surface area (Å²) in [5.74, 6) is -5.91. The fraction of sp³-hybridized carbons (Fsp3) is 0. The molecule has 0 aliphatic rings. The molecule has 104 valence electrons. The molecule has 0 aromatic heterocycles. The summed E-state index contributed by atoms with van der Waals surface area (Å²) in [5.41, 5.74) is 4.94. The Labute approximate surface area is 111 Å². The Morgan fingerprint density at radius 2 is 1.40 bits per heavy atom. The topological polar surface area (TPSA) is 59.1 Å². The summed E-state index contributed by atoms with van der Waals surface area (Å²) in [4.78, 5) is 0. The SMILES string of the molecule is N=C(N)c1cc(F)c(Oc2cc(F)cc(F)c2)c(F)c1. The predicted molar refractivity (Wildman–Crippen MR) is 63.8 cm³/mol. The highest BCUT2D eigenvalue weighted by atomic mass is 19.1. The lowest BCUT2D eigenvalue weighted by atomic mass is 10.2. The molecule has 0 saturated carbocycles. The molecule has 2 rings (SSSR count). The van der Waals surface area contributed by atoms with Crippen LogP contribution in [0.2, 0.25) is 0 Å². The van der Waals surface area contributed by atoms with Crippen molar-refractivity contribution in [3.63, 3.8) is 0 Å². The first-order valence-corrected chi connectivity index (χ1v) is 5.34. The van der Waals surface area contributed by atoms with Gasteiger partial charge in [-0.3, -0.25) is 5.41 Å². The van der Waals surface area contributed by atoms with E-state index in [1.54, 1.807) is 0 Å². The molecule has 0 bridgehead atoms. The van der Waals surface area contributed by atoms with Crippen molar-refractivity contribution >= 4 is 5.84 Å². The van der Waals surface area contributed by atoms with Crippen LogP contribution in [0.1, 0.15) is 5.56 Å². The molecular weight excluding hydrogens is 276 g/mol. The van der Waals surface area contributed by atoms with E-state index in [1.165, 1.54) is 0 Å². The maximum Gasteiger partial charge on any atom is 0.198 e. The molecule has 0 aliphatic carbocycles. The molecule has 2 aromatic rings. The van der Waals surface area contributed by atoms with E-state index in [2.05, 4.69) is 0 Å². The van der Waals surface area contributed by atoms with Gasteiger partial charge in [-0.2, -0.15) is 0 Å². The maximum atomic E-state index is 13.7. The molecule has 3 N–H and O–H groups in total. The molecule has 0 atom stereocenters. The van der Waals surface area contributed by atoms with E-state index in [0.29, 0.717) is 6.07 Å². The van der Waals surface area contributed by atoms with E-state index in [4.69, 9.17) is 15.9 Å². The maximum absolute atomic E-state index is 13.7. The quantitative estimate of drug-likeness (QED) is 0.516. The van der Waals surface area contributed by atoms with Crippen LogP contribution in [-0.4, -0.2) is 5.84 Å². The Hall–Kier alpha value is -2.57. The van der Waals surface area contributed by atoms with Gasteiger partial charge < -0.3 is 10.5 Å². The van der Waals surface area contributed by atoms with Gasteiger partial charge in [0.1, 0.15) is 23.2 Å². The van der Waals surface area contributed by atoms with Gasteiger partial charge in [0, 0.05) is 23.8 Å². The number of ether oxygens (including phenoxy) is 1. The third kappa shape index (κ3) is 2.87. The summed E-state index contributed by atoms with van der Waals surface area (Å²) in [5, 5.41) is 7.08. The predicted octanol–water partition coefficient (Wildman–Crippen LogP) is 3.32. The summed E-state index contributed by atoms with van der Waals surface area (Å²) < 4.78 is 58.0. The van der Waals surface area contributed by atoms with Crippen LogP contribution < -0.4 is 10.5 Å². The molecule has 0 radical (unpaired) electrons. The van der Waals surface area contributed by atoms with Crippen LogP contribution in [0.5, 0.6) is 11.5 Å². The molecular formula is C13H8F4N2O. The van der Waals surface area contributed by atoms with Crippen molar-refractivity contribution in [3.8, 4) is 11.5 Å². The van der Waals surface area contributed by atoms with E-state index in [-0.39, 0.29) is 5.56 Å². The van der Waals surface area contributed by atoms with E-state index >= 15 is 0 Å². The fourth-order valence-corrected chi connectivity index (χ4v) is 1.52. The highest BCUT2D eigenvalue weighted by Gasteiger charge is 2.15. The largest absolute Gasteiger partial charge is 0.451 e. The number of rotatable bonds is 3. The molecule has 20 heavy (non-hydrogen) atoms. The van der Waals surface area contributed by atoms with Gasteiger partial charge >= 0.3 is 0 Å². The van der Waals surface area contributed by atoms with Crippen LogP contribution >= 0.6 is 0 Å². The van der Waals surface area contributed by atoms with Gasteiger partial charge in [-0.25, -0.2) is 17.6 Å². The van der Waals surface area contributed by atoms with E-state index in [1.807, 2.05) is 0 Å². The van der Waals surface area contributed by atoms with Crippen LogP contribution in [0.3, 0.4) is 0 Å². The fourth-order valence-electron chi connectivity index (χ4n) is 1.52. The first-order chi connectivity index (χ1) is 9.36. The first-order valence-electron chi connectivity index (χ1n) is 5.34. The average molecular weight is 284 g/mol. The van der Waals surface area contributed by atoms with Crippen molar-refractivity contribution in [1.82, 2.24) is 0 Å². The minimum atomic E-state index is -1.14. The van der Waals surface area contributed by atoms with Crippen LogP contribution in [0.15, 0.2) is 30.3 Å². The lowest BCUT2D eigenvalue weighted by Gasteiger charge is -2.09. The summed E-state index contributed by atoms with van der Waals surface area (Å²) in [6, 6.07) is 3.73. The molecule has 0 aliphatic heterocycles. The number of benzene rings is 2. The Balaban J connectivity index is 2.41. The molecule has 7 heteroatoms. The van der Waals surface area contributed by atoms with Crippen LogP contribution in [-0.2, 0) is 0 Å². The van der Waals surface area contributed by atoms with Crippen molar-refractivity contribution in [1.29, 1.82) is 5.41 Å². The molecule has 0 fully saturated rings. The minimum Gasteiger partial charge on any atom is -0.451 e. The zero-order chi connectivity index (χ0) is 14.9. The minimum absolute atomic E-state index is 0.169. The van der Waals surface area contributed by atoms with Crippen molar-refractivity contribution < 1.29 is 22.3 Å². The van der Waals surface area contributed by atoms with Gasteiger partial charge in [-0.1, -0.05) is 0 Å². The number of halogens is 4. The first kappa shape index (κ1) is 13.9. The van der Waals surface area contributed by atoms with Crippen molar-refractivity contribution in [2.24, 2.45) is 5.73 Å². The second kappa shape index (κ2) is 5.20. The Kier molecular flexibility index (Phi) is 3.60. The Bertz CT molecular complexity index is 645. The Morgan fingerprint density at radius 3 is 1.85 bits per heavy atom. The van der Waals surface area contributed by atoms with Gasteiger partial charge in [0.15, 0.2) is 17.4 Å². The van der Waals surface area contributed by atoms with Crippen molar-refractivity contribution in [2.75, 3.05) is 0 Å². The van der Waals surface area contributed by atoms with Gasteiger partial charge in [-0.05, 0) is 12.1 Å². The molecule has 0 heterocycles. The van der Waals surface area contributed by atoms with Gasteiger partial charge in [0.05, 0.1) is 0 Å². The van der Waals surface area contributed by atoms with Crippen molar-refractivity contribution in [2.45, 2.75) is 0 Å². The Morgan fingerprint density at radius 1 is 0.900 bits per heavy atom. The smallest absolute Gasteiger partial charge is 0.198 e. The zero-order valence-electron chi connectivity index (χ0n) is 9.88. The average Bonchev–Trinajstić information content (AvgIpc) is 2.32. The number of amidine groups is 1. The molecule has 3 nitrogen and oxygen atoms in total. The lowest BCUT2D eigenvalue weighted by molar-refractivity contribution is 0.402. The molecule has 0 unspecified atom stereocenters. The summed E-state index contributed by atoms with van der Waals surface area (Å²) in [7, 11) is 0. The number of hydrogen-bond donors (Lipinski definition) is 2. The van der Waals surface area contributed by atoms with Crippen molar-refractivity contribution in [3.05, 3.63) is 59.2 Å². The van der Waals surface area contributed by atoms with Gasteiger partial charge in [-0.15, -0.1) is 0 Å². The third-order valence-electron chi connectivity index (χ3n) is 2.37. The summed E-state index contributed by atoms with van der Waals surface area (Å²) in [6.07, 6.45) is 0. The van der Waals surface area contributed by atoms with Crippen LogP contribution in [0.25, 0.3) is 0 Å². The second-order valence-corrected chi connectivity index (χ2v) is 3.89. The number of hydrogen-bond acceptors (Lipinski definition) is 2. The lowest BCUT2D eigenvalue weighted by Crippen LogP contribution is -2.12. The molecule has 0 amide bonds. The highest BCUT2D eigenvalue weighted by molar-refractivity contribution is 5.95. The molecule has 0 saturated heterocycles. The second-order valence-electron chi connectivity index (χ2n) is 3.89.